The number of hydrogen-bond acceptors (Lipinski definition) is 3. The largest absolute Gasteiger partial charge is 0.315 e. The molecule has 4 nitrogen and oxygen atoms in total. The van der Waals surface area contributed by atoms with Crippen LogP contribution < -0.4 is 5.32 Å². The van der Waals surface area contributed by atoms with Gasteiger partial charge in [0.05, 0.1) is 4.90 Å². The molecular weight excluding hydrogens is 319 g/mol. The first kappa shape index (κ1) is 16.0. The number of nitrogens with one attached hydrogen (secondary N) is 1. The molecule has 2 atom stereocenters. The van der Waals surface area contributed by atoms with Crippen molar-refractivity contribution in [3.63, 3.8) is 0 Å². The zero-order valence-corrected chi connectivity index (χ0v) is 13.3. The summed E-state index contributed by atoms with van der Waals surface area (Å²) in [7, 11) is -3.43. The maximum absolute atomic E-state index is 12.8. The van der Waals surface area contributed by atoms with E-state index in [1.165, 1.54) is 6.07 Å². The van der Waals surface area contributed by atoms with E-state index in [1.54, 1.807) is 22.5 Å². The Hall–Kier alpha value is -0.330. The molecule has 0 aromatic heterocycles. The Morgan fingerprint density at radius 3 is 2.70 bits per heavy atom. The Morgan fingerprint density at radius 2 is 1.95 bits per heavy atom. The monoisotopic (exact) mass is 336 g/mol. The standard InChI is InChI=1S/C13H17ClN2O2S.ClH/c14-10-2-1-3-13(8-10)19(17,18)16-11-4-5-12(16)9-15-7-6-11;/h1-3,8,11-12,15H,4-7,9H2;1H. The Bertz CT molecular complexity index is 565. The average molecular weight is 337 g/mol. The summed E-state index contributed by atoms with van der Waals surface area (Å²) >= 11 is 5.92. The van der Waals surface area contributed by atoms with Crippen molar-refractivity contribution in [2.75, 3.05) is 13.1 Å². The van der Waals surface area contributed by atoms with Gasteiger partial charge in [-0.2, -0.15) is 4.31 Å². The molecule has 2 saturated heterocycles. The van der Waals surface area contributed by atoms with Gasteiger partial charge in [-0.25, -0.2) is 8.42 Å². The van der Waals surface area contributed by atoms with E-state index in [9.17, 15) is 8.42 Å². The lowest BCUT2D eigenvalue weighted by Gasteiger charge is -2.26. The second-order valence-corrected chi connectivity index (χ2v) is 7.45. The zero-order chi connectivity index (χ0) is 13.5. The first-order chi connectivity index (χ1) is 9.09. The lowest BCUT2D eigenvalue weighted by molar-refractivity contribution is 0.334. The molecule has 2 aliphatic rings. The molecule has 0 radical (unpaired) electrons. The van der Waals surface area contributed by atoms with Gasteiger partial charge >= 0.3 is 0 Å². The summed E-state index contributed by atoms with van der Waals surface area (Å²) in [5, 5.41) is 3.77. The van der Waals surface area contributed by atoms with Gasteiger partial charge in [0, 0.05) is 23.7 Å². The molecular formula is C13H18Cl2N2O2S. The van der Waals surface area contributed by atoms with Crippen molar-refractivity contribution in [2.45, 2.75) is 36.2 Å². The highest BCUT2D eigenvalue weighted by Gasteiger charge is 2.42. The second-order valence-electron chi connectivity index (χ2n) is 5.17. The molecule has 112 valence electrons. The summed E-state index contributed by atoms with van der Waals surface area (Å²) in [6, 6.07) is 6.75. The van der Waals surface area contributed by atoms with E-state index in [-0.39, 0.29) is 24.5 Å². The molecule has 2 unspecified atom stereocenters. The number of nitrogens with zero attached hydrogens (tertiary/aromatic N) is 1. The van der Waals surface area contributed by atoms with Crippen molar-refractivity contribution in [3.8, 4) is 0 Å². The second kappa shape index (κ2) is 6.20. The lowest BCUT2D eigenvalue weighted by atomic mass is 10.1. The van der Waals surface area contributed by atoms with Crippen LogP contribution in [-0.4, -0.2) is 37.9 Å². The molecule has 2 fully saturated rings. The molecule has 20 heavy (non-hydrogen) atoms. The van der Waals surface area contributed by atoms with Crippen LogP contribution in [0.5, 0.6) is 0 Å². The summed E-state index contributed by atoms with van der Waals surface area (Å²) in [5.74, 6) is 0. The number of sulfonamides is 1. The normalized spacial score (nSPS) is 26.9. The molecule has 0 saturated carbocycles. The fraction of sp³-hybridized carbons (Fsp3) is 0.538. The third kappa shape index (κ3) is 2.83. The predicted octanol–water partition coefficient (Wildman–Crippen LogP) is 2.28. The minimum absolute atomic E-state index is 0. The van der Waals surface area contributed by atoms with Gasteiger partial charge in [-0.3, -0.25) is 0 Å². The quantitative estimate of drug-likeness (QED) is 0.901. The maximum Gasteiger partial charge on any atom is 0.243 e. The minimum Gasteiger partial charge on any atom is -0.315 e. The minimum atomic E-state index is -3.43. The van der Waals surface area contributed by atoms with Crippen molar-refractivity contribution in [2.24, 2.45) is 0 Å². The third-order valence-electron chi connectivity index (χ3n) is 3.96. The van der Waals surface area contributed by atoms with E-state index in [4.69, 9.17) is 11.6 Å². The predicted molar refractivity (Wildman–Crippen MR) is 82.0 cm³/mol. The molecule has 0 amide bonds. The molecule has 3 rings (SSSR count). The van der Waals surface area contributed by atoms with Crippen LogP contribution in [0.25, 0.3) is 0 Å². The molecule has 0 aliphatic carbocycles. The number of hydrogen-bond donors (Lipinski definition) is 1. The van der Waals surface area contributed by atoms with Gasteiger partial charge in [0.1, 0.15) is 0 Å². The molecule has 2 bridgehead atoms. The summed E-state index contributed by atoms with van der Waals surface area (Å²) < 4.78 is 27.3. The topological polar surface area (TPSA) is 49.4 Å². The van der Waals surface area contributed by atoms with Crippen molar-refractivity contribution >= 4 is 34.0 Å². The van der Waals surface area contributed by atoms with Crippen molar-refractivity contribution in [1.29, 1.82) is 0 Å². The van der Waals surface area contributed by atoms with Crippen molar-refractivity contribution < 1.29 is 8.42 Å². The van der Waals surface area contributed by atoms with Gasteiger partial charge in [0.15, 0.2) is 0 Å². The zero-order valence-electron chi connectivity index (χ0n) is 11.0. The van der Waals surface area contributed by atoms with Gasteiger partial charge < -0.3 is 5.32 Å². The number of rotatable bonds is 2. The smallest absolute Gasteiger partial charge is 0.243 e. The van der Waals surface area contributed by atoms with Crippen LogP contribution >= 0.6 is 24.0 Å². The van der Waals surface area contributed by atoms with Crippen LogP contribution in [0.3, 0.4) is 0 Å². The molecule has 7 heteroatoms. The fourth-order valence-electron chi connectivity index (χ4n) is 3.08. The van der Waals surface area contributed by atoms with Gasteiger partial charge in [0.2, 0.25) is 10.0 Å². The molecule has 1 aromatic carbocycles. The highest BCUT2D eigenvalue weighted by atomic mass is 35.5. The SMILES string of the molecule is Cl.O=S(=O)(c1cccc(Cl)c1)N1C2CCNCC1CC2. The van der Waals surface area contributed by atoms with Gasteiger partial charge in [-0.15, -0.1) is 12.4 Å². The van der Waals surface area contributed by atoms with E-state index < -0.39 is 10.0 Å². The lowest BCUT2D eigenvalue weighted by Crippen LogP contribution is -2.42. The van der Waals surface area contributed by atoms with E-state index in [1.807, 2.05) is 0 Å². The van der Waals surface area contributed by atoms with Gasteiger partial charge in [-0.1, -0.05) is 17.7 Å². The van der Waals surface area contributed by atoms with Crippen LogP contribution in [0.1, 0.15) is 19.3 Å². The van der Waals surface area contributed by atoms with Crippen molar-refractivity contribution in [3.05, 3.63) is 29.3 Å². The van der Waals surface area contributed by atoms with Crippen LogP contribution in [0.4, 0.5) is 0 Å². The number of fused-ring (bicyclic) bond motifs is 2. The fourth-order valence-corrected chi connectivity index (χ4v) is 5.28. The van der Waals surface area contributed by atoms with Crippen LogP contribution in [0, 0.1) is 0 Å². The van der Waals surface area contributed by atoms with E-state index in [2.05, 4.69) is 5.32 Å². The van der Waals surface area contributed by atoms with E-state index in [0.717, 1.165) is 32.4 Å². The molecule has 2 aliphatic heterocycles. The third-order valence-corrected chi connectivity index (χ3v) is 6.19. The molecule has 1 aromatic rings. The van der Waals surface area contributed by atoms with E-state index >= 15 is 0 Å². The summed E-state index contributed by atoms with van der Waals surface area (Å²) in [6.07, 6.45) is 2.79. The van der Waals surface area contributed by atoms with Gasteiger partial charge in [-0.05, 0) is 44.0 Å². The Kier molecular flexibility index (Phi) is 4.97. The Balaban J connectivity index is 0.00000147. The summed E-state index contributed by atoms with van der Waals surface area (Å²) in [6.45, 7) is 1.64. The molecule has 2 heterocycles. The summed E-state index contributed by atoms with van der Waals surface area (Å²) in [4.78, 5) is 0.304. The first-order valence-corrected chi connectivity index (χ1v) is 8.40. The highest BCUT2D eigenvalue weighted by Crippen LogP contribution is 2.34. The maximum atomic E-state index is 12.8. The van der Waals surface area contributed by atoms with Crippen LogP contribution in [0.15, 0.2) is 29.2 Å². The molecule has 1 N–H and O–H groups in total. The van der Waals surface area contributed by atoms with Crippen molar-refractivity contribution in [1.82, 2.24) is 9.62 Å². The van der Waals surface area contributed by atoms with E-state index in [0.29, 0.717) is 9.92 Å². The Morgan fingerprint density at radius 1 is 1.20 bits per heavy atom. The average Bonchev–Trinajstić information content (AvgIpc) is 2.63. The first-order valence-electron chi connectivity index (χ1n) is 6.59. The number of benzene rings is 1. The molecule has 0 spiro atoms. The number of halogens is 2. The van der Waals surface area contributed by atoms with Gasteiger partial charge in [0.25, 0.3) is 0 Å². The Labute approximate surface area is 131 Å². The summed E-state index contributed by atoms with van der Waals surface area (Å²) in [5.41, 5.74) is 0. The van der Waals surface area contributed by atoms with Crippen LogP contribution in [-0.2, 0) is 10.0 Å². The van der Waals surface area contributed by atoms with Crippen LogP contribution in [0.2, 0.25) is 5.02 Å². The highest BCUT2D eigenvalue weighted by molar-refractivity contribution is 7.89.